The first kappa shape index (κ1) is 36.4. The summed E-state index contributed by atoms with van der Waals surface area (Å²) in [4.78, 5) is 72.4. The molecular weight excluding hydrogens is 687 g/mol. The average molecular weight is 738 g/mol. The highest BCUT2D eigenvalue weighted by Crippen LogP contribution is 2.45. The van der Waals surface area contributed by atoms with Crippen LogP contribution in [0.2, 0.25) is 0 Å². The molecule has 5 atom stereocenters. The van der Waals surface area contributed by atoms with Crippen LogP contribution >= 0.6 is 0 Å². The normalized spacial score (nSPS) is 30.3. The smallest absolute Gasteiger partial charge is 0.410 e. The number of rotatable bonds is 7. The molecule has 3 N–H and O–H groups in total. The molecule has 0 radical (unpaired) electrons. The minimum Gasteiger partial charge on any atom is -0.444 e. The molecule has 7 rings (SSSR count). The number of ether oxygens (including phenoxy) is 1. The highest BCUT2D eigenvalue weighted by Gasteiger charge is 2.62. The number of sulfonamides is 1. The molecule has 3 heterocycles. The molecule has 282 valence electrons. The standard InChI is InChI=1S/C38H51N5O8S/c1-2-27-20-38(27,36(47)41-52(49,50)29-17-18-29)40-34(45)31-19-28-22-43(31)35(46)33(25-12-7-5-8-13-25)39-32(44)16-9-4-3-6-11-24-14-10-15-26-21-42(23-30(24)26)37(48)51-28/h2,10,14-15,25,27-29,31,33H,1,3-9,11-13,16-23H2,(H,39,44)(H,40,45)(H,41,47)/t27-,28+,31-,33-,38+/m0/s1. The third kappa shape index (κ3) is 7.58. The fraction of sp³-hybridized carbons (Fsp3) is 0.658. The highest BCUT2D eigenvalue weighted by molar-refractivity contribution is 7.91. The van der Waals surface area contributed by atoms with E-state index in [1.54, 1.807) is 4.90 Å². The van der Waals surface area contributed by atoms with Gasteiger partial charge in [0.2, 0.25) is 27.7 Å². The highest BCUT2D eigenvalue weighted by atomic mass is 32.2. The predicted molar refractivity (Wildman–Crippen MR) is 191 cm³/mol. The second-order valence-electron chi connectivity index (χ2n) is 15.7. The van der Waals surface area contributed by atoms with E-state index in [0.29, 0.717) is 38.8 Å². The van der Waals surface area contributed by atoms with Gasteiger partial charge in [0.05, 0.1) is 11.8 Å². The number of nitrogens with zero attached hydrogens (tertiary/aromatic N) is 2. The van der Waals surface area contributed by atoms with Gasteiger partial charge in [-0.3, -0.25) is 28.8 Å². The van der Waals surface area contributed by atoms with Crippen LogP contribution in [-0.4, -0.2) is 83.5 Å². The van der Waals surface area contributed by atoms with Crippen molar-refractivity contribution in [3.8, 4) is 0 Å². The van der Waals surface area contributed by atoms with Gasteiger partial charge in [-0.1, -0.05) is 56.4 Å². The Morgan fingerprint density at radius 1 is 0.942 bits per heavy atom. The van der Waals surface area contributed by atoms with Crippen LogP contribution in [0.25, 0.3) is 0 Å². The SMILES string of the molecule is C=C[C@H]1C[C@]1(NC(=O)[C@@H]1C[C@@H]2CN1C(=O)[C@H](C1CCCCC1)NC(=O)CCCCCCc1cccc3c1CN(C3)C(=O)O2)C(=O)NS(=O)(=O)C1CC1. The molecule has 0 spiro atoms. The second-order valence-corrected chi connectivity index (χ2v) is 17.7. The molecule has 0 aromatic heterocycles. The molecule has 4 bridgehead atoms. The van der Waals surface area contributed by atoms with Gasteiger partial charge in [0.15, 0.2) is 0 Å². The van der Waals surface area contributed by atoms with Crippen LogP contribution in [0.3, 0.4) is 0 Å². The number of nitrogens with one attached hydrogen (secondary N) is 3. The molecule has 1 aromatic rings. The molecule has 3 saturated carbocycles. The van der Waals surface area contributed by atoms with Crippen molar-refractivity contribution in [1.82, 2.24) is 25.2 Å². The van der Waals surface area contributed by atoms with Crippen molar-refractivity contribution in [2.75, 3.05) is 6.54 Å². The molecule has 4 fully saturated rings. The van der Waals surface area contributed by atoms with Gasteiger partial charge in [-0.15, -0.1) is 6.58 Å². The summed E-state index contributed by atoms with van der Waals surface area (Å²) in [6.07, 6.45) is 10.3. The van der Waals surface area contributed by atoms with E-state index in [4.69, 9.17) is 4.74 Å². The summed E-state index contributed by atoms with van der Waals surface area (Å²) in [5.41, 5.74) is 1.87. The Morgan fingerprint density at radius 2 is 1.65 bits per heavy atom. The lowest BCUT2D eigenvalue weighted by molar-refractivity contribution is -0.143. The largest absolute Gasteiger partial charge is 0.444 e. The van der Waals surface area contributed by atoms with E-state index in [9.17, 15) is 32.4 Å². The van der Waals surface area contributed by atoms with Crippen molar-refractivity contribution in [2.45, 2.75) is 138 Å². The molecule has 13 nitrogen and oxygen atoms in total. The van der Waals surface area contributed by atoms with Gasteiger partial charge in [0.1, 0.15) is 23.7 Å². The minimum atomic E-state index is -3.89. The quantitative estimate of drug-likeness (QED) is 0.358. The van der Waals surface area contributed by atoms with Gasteiger partial charge >= 0.3 is 6.09 Å². The van der Waals surface area contributed by atoms with Crippen LogP contribution in [-0.2, 0) is 53.4 Å². The van der Waals surface area contributed by atoms with E-state index in [0.717, 1.165) is 68.9 Å². The number of aryl methyl sites for hydroxylation is 1. The third-order valence-electron chi connectivity index (χ3n) is 12.0. The summed E-state index contributed by atoms with van der Waals surface area (Å²) in [6.45, 7) is 4.54. The maximum atomic E-state index is 14.6. The van der Waals surface area contributed by atoms with Crippen molar-refractivity contribution in [2.24, 2.45) is 11.8 Å². The van der Waals surface area contributed by atoms with Gasteiger partial charge in [-0.25, -0.2) is 13.2 Å². The van der Waals surface area contributed by atoms with Crippen molar-refractivity contribution in [3.05, 3.63) is 47.5 Å². The molecular formula is C38H51N5O8S. The molecule has 6 aliphatic rings. The Hall–Kier alpha value is -3.94. The molecule has 14 heteroatoms. The Kier molecular flexibility index (Phi) is 10.4. The second kappa shape index (κ2) is 14.8. The summed E-state index contributed by atoms with van der Waals surface area (Å²) < 4.78 is 33.6. The lowest BCUT2D eigenvalue weighted by Crippen LogP contribution is -2.59. The van der Waals surface area contributed by atoms with Crippen LogP contribution in [0, 0.1) is 11.8 Å². The van der Waals surface area contributed by atoms with Crippen molar-refractivity contribution < 1.29 is 37.1 Å². The topological polar surface area (TPSA) is 171 Å². The van der Waals surface area contributed by atoms with E-state index < -0.39 is 68.7 Å². The number of hydrogen-bond donors (Lipinski definition) is 3. The number of carbonyl (C=O) groups is 5. The van der Waals surface area contributed by atoms with Gasteiger partial charge in [0.25, 0.3) is 5.91 Å². The van der Waals surface area contributed by atoms with E-state index in [-0.39, 0.29) is 31.2 Å². The molecule has 0 unspecified atom stereocenters. The Labute approximate surface area is 305 Å². The monoisotopic (exact) mass is 737 g/mol. The maximum Gasteiger partial charge on any atom is 0.410 e. The number of amides is 5. The van der Waals surface area contributed by atoms with Crippen LogP contribution in [0.4, 0.5) is 4.79 Å². The predicted octanol–water partition coefficient (Wildman–Crippen LogP) is 3.35. The zero-order valence-corrected chi connectivity index (χ0v) is 30.6. The summed E-state index contributed by atoms with van der Waals surface area (Å²) in [6, 6.07) is 4.15. The van der Waals surface area contributed by atoms with Crippen LogP contribution < -0.4 is 15.4 Å². The summed E-state index contributed by atoms with van der Waals surface area (Å²) in [7, 11) is -3.89. The lowest BCUT2D eigenvalue weighted by atomic mass is 9.83. The fourth-order valence-corrected chi connectivity index (χ4v) is 10.1. The third-order valence-corrected chi connectivity index (χ3v) is 13.8. The van der Waals surface area contributed by atoms with E-state index in [1.807, 2.05) is 12.1 Å². The molecule has 3 aliphatic carbocycles. The first-order valence-electron chi connectivity index (χ1n) is 19.1. The average Bonchev–Trinajstić information content (AvgIpc) is 4.02. The van der Waals surface area contributed by atoms with Crippen LogP contribution in [0.1, 0.15) is 107 Å². The van der Waals surface area contributed by atoms with Crippen LogP contribution in [0.5, 0.6) is 0 Å². The first-order valence-corrected chi connectivity index (χ1v) is 20.7. The number of carbonyl (C=O) groups excluding carboxylic acids is 5. The van der Waals surface area contributed by atoms with E-state index in [2.05, 4.69) is 28.0 Å². The molecule has 1 saturated heterocycles. The van der Waals surface area contributed by atoms with Gasteiger partial charge in [-0.05, 0) is 74.0 Å². The Bertz CT molecular complexity index is 1720. The van der Waals surface area contributed by atoms with Crippen molar-refractivity contribution in [3.63, 3.8) is 0 Å². The lowest BCUT2D eigenvalue weighted by Gasteiger charge is -2.35. The molecule has 3 aliphatic heterocycles. The van der Waals surface area contributed by atoms with Crippen LogP contribution in [0.15, 0.2) is 30.9 Å². The number of benzene rings is 1. The van der Waals surface area contributed by atoms with Crippen molar-refractivity contribution in [1.29, 1.82) is 0 Å². The zero-order valence-electron chi connectivity index (χ0n) is 29.8. The summed E-state index contributed by atoms with van der Waals surface area (Å²) >= 11 is 0. The van der Waals surface area contributed by atoms with Crippen molar-refractivity contribution >= 4 is 39.7 Å². The Morgan fingerprint density at radius 3 is 2.37 bits per heavy atom. The fourth-order valence-electron chi connectivity index (χ4n) is 8.69. The maximum absolute atomic E-state index is 14.6. The molecule has 5 amide bonds. The zero-order chi connectivity index (χ0) is 36.6. The minimum absolute atomic E-state index is 0.0164. The number of hydrogen-bond acceptors (Lipinski definition) is 8. The van der Waals surface area contributed by atoms with Gasteiger partial charge in [0, 0.05) is 31.8 Å². The van der Waals surface area contributed by atoms with Gasteiger partial charge < -0.3 is 20.3 Å². The first-order chi connectivity index (χ1) is 25.0. The van der Waals surface area contributed by atoms with E-state index >= 15 is 0 Å². The summed E-state index contributed by atoms with van der Waals surface area (Å²) in [5, 5.41) is 5.22. The van der Waals surface area contributed by atoms with Gasteiger partial charge in [-0.2, -0.15) is 0 Å². The molecule has 52 heavy (non-hydrogen) atoms. The molecule has 1 aromatic carbocycles. The van der Waals surface area contributed by atoms with E-state index in [1.165, 1.54) is 16.5 Å². The Balaban J connectivity index is 1.16. The number of fused-ring (bicyclic) bond motifs is 3. The summed E-state index contributed by atoms with van der Waals surface area (Å²) in [5.74, 6) is -2.72.